The molecule has 0 saturated carbocycles. The zero-order valence-corrected chi connectivity index (χ0v) is 12.5. The maximum absolute atomic E-state index is 11.5. The molecule has 4 nitrogen and oxygen atoms in total. The number of carbonyl (C=O) groups excluding carboxylic acids is 1. The van der Waals surface area contributed by atoms with E-state index in [4.69, 9.17) is 10.5 Å². The monoisotopic (exact) mass is 300 g/mol. The minimum Gasteiger partial charge on any atom is -0.465 e. The van der Waals surface area contributed by atoms with E-state index in [0.717, 1.165) is 11.3 Å². The van der Waals surface area contributed by atoms with Crippen LogP contribution in [-0.4, -0.2) is 18.2 Å². The van der Waals surface area contributed by atoms with E-state index in [0.29, 0.717) is 16.5 Å². The van der Waals surface area contributed by atoms with Gasteiger partial charge in [-0.3, -0.25) is 0 Å². The van der Waals surface area contributed by atoms with E-state index >= 15 is 0 Å². The summed E-state index contributed by atoms with van der Waals surface area (Å²) in [6, 6.07) is 16.8. The van der Waals surface area contributed by atoms with Gasteiger partial charge in [0.1, 0.15) is 0 Å². The van der Waals surface area contributed by atoms with Gasteiger partial charge in [-0.25, -0.2) is 9.79 Å². The molecule has 0 aliphatic rings. The van der Waals surface area contributed by atoms with Gasteiger partial charge in [0, 0.05) is 5.75 Å². The lowest BCUT2D eigenvalue weighted by Gasteiger charge is -2.04. The minimum absolute atomic E-state index is 0.340. The van der Waals surface area contributed by atoms with Crippen LogP contribution in [0.5, 0.6) is 0 Å². The van der Waals surface area contributed by atoms with Crippen LogP contribution in [0.1, 0.15) is 15.9 Å². The summed E-state index contributed by atoms with van der Waals surface area (Å²) in [5, 5.41) is 0.490. The average molecular weight is 300 g/mol. The Bertz CT molecular complexity index is 642. The van der Waals surface area contributed by atoms with E-state index in [1.54, 1.807) is 12.1 Å². The van der Waals surface area contributed by atoms with Crippen molar-refractivity contribution in [3.63, 3.8) is 0 Å². The Balaban J connectivity index is 2.00. The molecule has 0 bridgehead atoms. The molecule has 2 aromatic rings. The van der Waals surface area contributed by atoms with Crippen LogP contribution >= 0.6 is 11.8 Å². The van der Waals surface area contributed by atoms with Crippen molar-refractivity contribution in [2.45, 2.75) is 5.75 Å². The molecule has 0 spiro atoms. The van der Waals surface area contributed by atoms with Gasteiger partial charge in [0.05, 0.1) is 18.4 Å². The lowest BCUT2D eigenvalue weighted by Crippen LogP contribution is -2.06. The second-order valence-corrected chi connectivity index (χ2v) is 5.26. The predicted molar refractivity (Wildman–Crippen MR) is 86.8 cm³/mol. The SMILES string of the molecule is COC(=O)c1cccc(CSC(N)=Nc2ccccc2)c1. The molecule has 0 radical (unpaired) electrons. The van der Waals surface area contributed by atoms with Gasteiger partial charge in [0.25, 0.3) is 0 Å². The maximum atomic E-state index is 11.5. The van der Waals surface area contributed by atoms with Gasteiger partial charge in [-0.15, -0.1) is 0 Å². The number of amidine groups is 1. The van der Waals surface area contributed by atoms with Gasteiger partial charge < -0.3 is 10.5 Å². The molecule has 108 valence electrons. The molecule has 2 N–H and O–H groups in total. The van der Waals surface area contributed by atoms with Crippen LogP contribution in [0.2, 0.25) is 0 Å². The van der Waals surface area contributed by atoms with Crippen molar-refractivity contribution in [2.24, 2.45) is 10.7 Å². The molecule has 5 heteroatoms. The Hall–Kier alpha value is -2.27. The molecule has 0 fully saturated rings. The summed E-state index contributed by atoms with van der Waals surface area (Å²) in [6.45, 7) is 0. The van der Waals surface area contributed by atoms with Gasteiger partial charge in [-0.1, -0.05) is 42.1 Å². The molecule has 0 aliphatic heterocycles. The van der Waals surface area contributed by atoms with Crippen molar-refractivity contribution in [3.8, 4) is 0 Å². The number of nitrogens with two attached hydrogens (primary N) is 1. The smallest absolute Gasteiger partial charge is 0.337 e. The third-order valence-electron chi connectivity index (χ3n) is 2.73. The summed E-state index contributed by atoms with van der Waals surface area (Å²) in [5.74, 6) is 0.306. The van der Waals surface area contributed by atoms with Crippen LogP contribution in [0.25, 0.3) is 0 Å². The number of hydrogen-bond donors (Lipinski definition) is 1. The van der Waals surface area contributed by atoms with Gasteiger partial charge >= 0.3 is 5.97 Å². The number of nitrogens with zero attached hydrogens (tertiary/aromatic N) is 1. The number of methoxy groups -OCH3 is 1. The Morgan fingerprint density at radius 2 is 1.95 bits per heavy atom. The van der Waals surface area contributed by atoms with Crippen LogP contribution in [0.4, 0.5) is 5.69 Å². The van der Waals surface area contributed by atoms with Crippen molar-refractivity contribution in [1.29, 1.82) is 0 Å². The minimum atomic E-state index is -0.340. The summed E-state index contributed by atoms with van der Waals surface area (Å²) < 4.78 is 4.70. The number of hydrogen-bond acceptors (Lipinski definition) is 4. The molecule has 0 unspecified atom stereocenters. The molecule has 0 aromatic heterocycles. The molecular weight excluding hydrogens is 284 g/mol. The van der Waals surface area contributed by atoms with Crippen molar-refractivity contribution in [2.75, 3.05) is 7.11 Å². The molecule has 0 amide bonds. The summed E-state index contributed by atoms with van der Waals surface area (Å²) in [4.78, 5) is 15.8. The number of ether oxygens (including phenoxy) is 1. The lowest BCUT2D eigenvalue weighted by atomic mass is 10.1. The van der Waals surface area contributed by atoms with Crippen LogP contribution in [-0.2, 0) is 10.5 Å². The Kier molecular flexibility index (Phi) is 5.40. The fraction of sp³-hybridized carbons (Fsp3) is 0.125. The van der Waals surface area contributed by atoms with Crippen molar-refractivity contribution in [1.82, 2.24) is 0 Å². The van der Waals surface area contributed by atoms with Crippen molar-refractivity contribution >= 4 is 28.6 Å². The fourth-order valence-electron chi connectivity index (χ4n) is 1.73. The molecule has 0 heterocycles. The summed E-state index contributed by atoms with van der Waals surface area (Å²) >= 11 is 1.43. The molecule has 21 heavy (non-hydrogen) atoms. The fourth-order valence-corrected chi connectivity index (χ4v) is 2.39. The number of aliphatic imine (C=N–C) groups is 1. The molecular formula is C16H16N2O2S. The van der Waals surface area contributed by atoms with Gasteiger partial charge in [-0.05, 0) is 29.8 Å². The van der Waals surface area contributed by atoms with Gasteiger partial charge in [0.2, 0.25) is 0 Å². The second-order valence-electron chi connectivity index (χ2n) is 4.27. The Labute approximate surface area is 128 Å². The number of rotatable bonds is 4. The molecule has 0 saturated heterocycles. The lowest BCUT2D eigenvalue weighted by molar-refractivity contribution is 0.0600. The highest BCUT2D eigenvalue weighted by molar-refractivity contribution is 8.13. The first-order chi connectivity index (χ1) is 10.2. The molecule has 2 rings (SSSR count). The highest BCUT2D eigenvalue weighted by atomic mass is 32.2. The van der Waals surface area contributed by atoms with Crippen LogP contribution in [0, 0.1) is 0 Å². The number of para-hydroxylation sites is 1. The van der Waals surface area contributed by atoms with E-state index in [1.807, 2.05) is 42.5 Å². The number of thioether (sulfide) groups is 1. The van der Waals surface area contributed by atoms with Gasteiger partial charge in [0.15, 0.2) is 5.17 Å². The van der Waals surface area contributed by atoms with E-state index in [-0.39, 0.29) is 5.97 Å². The largest absolute Gasteiger partial charge is 0.465 e. The van der Waals surface area contributed by atoms with Crippen LogP contribution < -0.4 is 5.73 Å². The van der Waals surface area contributed by atoms with Crippen LogP contribution in [0.15, 0.2) is 59.6 Å². The average Bonchev–Trinajstić information content (AvgIpc) is 2.53. The van der Waals surface area contributed by atoms with E-state index in [9.17, 15) is 4.79 Å². The molecule has 0 atom stereocenters. The molecule has 0 aliphatic carbocycles. The van der Waals surface area contributed by atoms with Crippen molar-refractivity contribution < 1.29 is 9.53 Å². The zero-order chi connectivity index (χ0) is 15.1. The Morgan fingerprint density at radius 1 is 1.19 bits per heavy atom. The Morgan fingerprint density at radius 3 is 2.67 bits per heavy atom. The summed E-state index contributed by atoms with van der Waals surface area (Å²) in [5.41, 5.74) is 8.25. The van der Waals surface area contributed by atoms with E-state index in [2.05, 4.69) is 4.99 Å². The first-order valence-corrected chi connectivity index (χ1v) is 7.37. The van der Waals surface area contributed by atoms with Crippen molar-refractivity contribution in [3.05, 3.63) is 65.7 Å². The number of esters is 1. The number of benzene rings is 2. The zero-order valence-electron chi connectivity index (χ0n) is 11.7. The normalized spacial score (nSPS) is 11.2. The molecule has 2 aromatic carbocycles. The summed E-state index contributed by atoms with van der Waals surface area (Å²) in [6.07, 6.45) is 0. The van der Waals surface area contributed by atoms with Crippen LogP contribution in [0.3, 0.4) is 0 Å². The highest BCUT2D eigenvalue weighted by Gasteiger charge is 2.06. The van der Waals surface area contributed by atoms with Gasteiger partial charge in [-0.2, -0.15) is 0 Å². The number of carbonyl (C=O) groups is 1. The second kappa shape index (κ2) is 7.50. The predicted octanol–water partition coefficient (Wildman–Crippen LogP) is 3.35. The third-order valence-corrected chi connectivity index (χ3v) is 3.60. The topological polar surface area (TPSA) is 64.7 Å². The summed E-state index contributed by atoms with van der Waals surface area (Å²) in [7, 11) is 1.37. The quantitative estimate of drug-likeness (QED) is 0.534. The first kappa shape index (κ1) is 15.1. The first-order valence-electron chi connectivity index (χ1n) is 6.38. The standard InChI is InChI=1S/C16H16N2O2S/c1-20-15(19)13-7-5-6-12(10-13)11-21-16(17)18-14-8-3-2-4-9-14/h2-10H,11H2,1H3,(H2,17,18). The maximum Gasteiger partial charge on any atom is 0.337 e. The highest BCUT2D eigenvalue weighted by Crippen LogP contribution is 2.17. The van der Waals surface area contributed by atoms with E-state index < -0.39 is 0 Å². The van der Waals surface area contributed by atoms with E-state index in [1.165, 1.54) is 18.9 Å². The third kappa shape index (κ3) is 4.65.